The third kappa shape index (κ3) is 7.87. The molecule has 0 fully saturated rings. The number of nitrogens with zero attached hydrogens (tertiary/aromatic N) is 2. The second-order valence-electron chi connectivity index (χ2n) is 6.66. The summed E-state index contributed by atoms with van der Waals surface area (Å²) in [5, 5.41) is 9.64. The fraction of sp³-hybridized carbons (Fsp3) is 0.842. The van der Waals surface area contributed by atoms with Gasteiger partial charge in [0.15, 0.2) is 6.17 Å². The average Bonchev–Trinajstić information content (AvgIpc) is 2.54. The average molecular weight is 325 g/mol. The van der Waals surface area contributed by atoms with E-state index < -0.39 is 12.1 Å². The van der Waals surface area contributed by atoms with E-state index in [0.717, 1.165) is 32.5 Å². The SMILES string of the molecule is CCCCCCCN1C=CCN(CCCCCCC)C1C(=O)O. The second-order valence-corrected chi connectivity index (χ2v) is 6.66. The van der Waals surface area contributed by atoms with Gasteiger partial charge in [0.25, 0.3) is 0 Å². The molecule has 1 aliphatic rings. The van der Waals surface area contributed by atoms with E-state index >= 15 is 0 Å². The number of rotatable bonds is 13. The lowest BCUT2D eigenvalue weighted by atomic mass is 10.1. The van der Waals surface area contributed by atoms with Crippen molar-refractivity contribution >= 4 is 5.97 Å². The molecule has 0 bridgehead atoms. The molecule has 0 spiro atoms. The molecule has 1 aliphatic heterocycles. The highest BCUT2D eigenvalue weighted by Crippen LogP contribution is 2.16. The van der Waals surface area contributed by atoms with Crippen LogP contribution in [0.2, 0.25) is 0 Å². The van der Waals surface area contributed by atoms with Gasteiger partial charge in [0, 0.05) is 19.6 Å². The monoisotopic (exact) mass is 324 g/mol. The fourth-order valence-corrected chi connectivity index (χ4v) is 3.23. The first-order valence-electron chi connectivity index (χ1n) is 9.60. The van der Waals surface area contributed by atoms with E-state index in [1.807, 2.05) is 11.1 Å². The van der Waals surface area contributed by atoms with E-state index in [-0.39, 0.29) is 0 Å². The van der Waals surface area contributed by atoms with Crippen LogP contribution in [0, 0.1) is 0 Å². The minimum atomic E-state index is -0.712. The zero-order chi connectivity index (χ0) is 16.9. The van der Waals surface area contributed by atoms with Crippen LogP contribution in [0.5, 0.6) is 0 Å². The summed E-state index contributed by atoms with van der Waals surface area (Å²) < 4.78 is 0. The number of carboxylic acid groups (broad SMARTS) is 1. The maximum Gasteiger partial charge on any atom is 0.341 e. The zero-order valence-electron chi connectivity index (χ0n) is 15.2. The molecule has 0 aromatic rings. The molecule has 0 aromatic heterocycles. The van der Waals surface area contributed by atoms with Crippen LogP contribution in [0.15, 0.2) is 12.3 Å². The van der Waals surface area contributed by atoms with Crippen LogP contribution in [0.25, 0.3) is 0 Å². The Morgan fingerprint density at radius 1 is 0.957 bits per heavy atom. The summed E-state index contributed by atoms with van der Waals surface area (Å²) >= 11 is 0. The summed E-state index contributed by atoms with van der Waals surface area (Å²) in [5.74, 6) is -0.712. The molecular weight excluding hydrogens is 288 g/mol. The summed E-state index contributed by atoms with van der Waals surface area (Å²) in [5.41, 5.74) is 0. The first-order valence-corrected chi connectivity index (χ1v) is 9.60. The molecule has 1 rings (SSSR count). The molecule has 23 heavy (non-hydrogen) atoms. The van der Waals surface area contributed by atoms with E-state index in [0.29, 0.717) is 0 Å². The number of carboxylic acids is 1. The molecule has 1 heterocycles. The minimum Gasteiger partial charge on any atom is -0.479 e. The number of unbranched alkanes of at least 4 members (excludes halogenated alkanes) is 8. The van der Waals surface area contributed by atoms with E-state index in [1.54, 1.807) is 0 Å². The van der Waals surface area contributed by atoms with Crippen molar-refractivity contribution in [1.29, 1.82) is 0 Å². The highest BCUT2D eigenvalue weighted by Gasteiger charge is 2.31. The summed E-state index contributed by atoms with van der Waals surface area (Å²) in [7, 11) is 0. The Bertz CT molecular complexity index is 344. The molecule has 0 saturated heterocycles. The van der Waals surface area contributed by atoms with Crippen molar-refractivity contribution in [2.24, 2.45) is 0 Å². The minimum absolute atomic E-state index is 0.475. The third-order valence-corrected chi connectivity index (χ3v) is 4.59. The summed E-state index contributed by atoms with van der Waals surface area (Å²) in [6.45, 7) is 6.93. The topological polar surface area (TPSA) is 43.8 Å². The van der Waals surface area contributed by atoms with Crippen LogP contribution in [0.1, 0.15) is 78.1 Å². The molecule has 4 heteroatoms. The van der Waals surface area contributed by atoms with E-state index in [4.69, 9.17) is 0 Å². The molecule has 134 valence electrons. The van der Waals surface area contributed by atoms with Gasteiger partial charge in [0.2, 0.25) is 0 Å². The lowest BCUT2D eigenvalue weighted by Crippen LogP contribution is -2.54. The van der Waals surface area contributed by atoms with Crippen LogP contribution < -0.4 is 0 Å². The standard InChI is InChI=1S/C19H36N2O2/c1-3-5-7-9-11-14-20-16-13-17-21(18(20)19(22)23)15-12-10-8-6-4-2/h13,16,18H,3-12,14-15,17H2,1-2H3,(H,22,23). The second kappa shape index (κ2) is 12.4. The van der Waals surface area contributed by atoms with Gasteiger partial charge in [-0.15, -0.1) is 0 Å². The molecule has 0 radical (unpaired) electrons. The Labute approximate surface area is 142 Å². The van der Waals surface area contributed by atoms with Crippen molar-refractivity contribution in [2.45, 2.75) is 84.2 Å². The molecule has 0 aromatic carbocycles. The van der Waals surface area contributed by atoms with Crippen molar-refractivity contribution < 1.29 is 9.90 Å². The number of aliphatic carboxylic acids is 1. The normalized spacial score (nSPS) is 18.5. The van der Waals surface area contributed by atoms with Crippen LogP contribution in [0.4, 0.5) is 0 Å². The summed E-state index contributed by atoms with van der Waals surface area (Å²) in [6.07, 6.45) is 15.8. The predicted molar refractivity (Wildman–Crippen MR) is 96.4 cm³/mol. The van der Waals surface area contributed by atoms with Gasteiger partial charge in [0.1, 0.15) is 0 Å². The first kappa shape index (κ1) is 20.0. The van der Waals surface area contributed by atoms with Gasteiger partial charge in [0.05, 0.1) is 0 Å². The quantitative estimate of drug-likeness (QED) is 0.508. The largest absolute Gasteiger partial charge is 0.479 e. The Morgan fingerprint density at radius 3 is 2.09 bits per heavy atom. The van der Waals surface area contributed by atoms with Gasteiger partial charge in [-0.2, -0.15) is 0 Å². The van der Waals surface area contributed by atoms with Crippen molar-refractivity contribution in [2.75, 3.05) is 19.6 Å². The lowest BCUT2D eigenvalue weighted by Gasteiger charge is -2.39. The van der Waals surface area contributed by atoms with Crippen LogP contribution in [-0.4, -0.2) is 46.7 Å². The molecule has 4 nitrogen and oxygen atoms in total. The van der Waals surface area contributed by atoms with E-state index in [2.05, 4.69) is 24.8 Å². The molecule has 1 N–H and O–H groups in total. The van der Waals surface area contributed by atoms with Crippen molar-refractivity contribution in [3.8, 4) is 0 Å². The van der Waals surface area contributed by atoms with Crippen LogP contribution in [0.3, 0.4) is 0 Å². The van der Waals surface area contributed by atoms with Crippen molar-refractivity contribution in [3.05, 3.63) is 12.3 Å². The molecule has 1 atom stereocenters. The van der Waals surface area contributed by atoms with Gasteiger partial charge in [-0.25, -0.2) is 4.79 Å². The zero-order valence-corrected chi connectivity index (χ0v) is 15.2. The van der Waals surface area contributed by atoms with E-state index in [1.165, 1.54) is 51.4 Å². The Kier molecular flexibility index (Phi) is 10.8. The Hall–Kier alpha value is -1.03. The van der Waals surface area contributed by atoms with Crippen LogP contribution in [-0.2, 0) is 4.79 Å². The van der Waals surface area contributed by atoms with Gasteiger partial charge >= 0.3 is 5.97 Å². The van der Waals surface area contributed by atoms with Crippen molar-refractivity contribution in [1.82, 2.24) is 9.80 Å². The highest BCUT2D eigenvalue weighted by molar-refractivity contribution is 5.73. The van der Waals surface area contributed by atoms with Gasteiger partial charge < -0.3 is 10.0 Å². The maximum absolute atomic E-state index is 11.7. The third-order valence-electron chi connectivity index (χ3n) is 4.59. The van der Waals surface area contributed by atoms with Crippen LogP contribution >= 0.6 is 0 Å². The Balaban J connectivity index is 2.40. The van der Waals surface area contributed by atoms with Gasteiger partial charge in [-0.3, -0.25) is 4.90 Å². The Morgan fingerprint density at radius 2 is 1.52 bits per heavy atom. The smallest absolute Gasteiger partial charge is 0.341 e. The molecule has 0 amide bonds. The molecule has 0 aliphatic carbocycles. The highest BCUT2D eigenvalue weighted by atomic mass is 16.4. The number of hydrogen-bond donors (Lipinski definition) is 1. The number of carbonyl (C=O) groups is 1. The molecular formula is C19H36N2O2. The van der Waals surface area contributed by atoms with Crippen molar-refractivity contribution in [3.63, 3.8) is 0 Å². The molecule has 0 saturated carbocycles. The van der Waals surface area contributed by atoms with Gasteiger partial charge in [-0.05, 0) is 19.0 Å². The number of hydrogen-bond acceptors (Lipinski definition) is 3. The molecule has 1 unspecified atom stereocenters. The summed E-state index contributed by atoms with van der Waals surface area (Å²) in [6, 6.07) is 0. The van der Waals surface area contributed by atoms with Gasteiger partial charge in [-0.1, -0.05) is 71.3 Å². The lowest BCUT2D eigenvalue weighted by molar-refractivity contribution is -0.150. The fourth-order valence-electron chi connectivity index (χ4n) is 3.23. The first-order chi connectivity index (χ1) is 11.2. The maximum atomic E-state index is 11.7. The summed E-state index contributed by atoms with van der Waals surface area (Å²) in [4.78, 5) is 15.9. The predicted octanol–water partition coefficient (Wildman–Crippen LogP) is 4.47. The van der Waals surface area contributed by atoms with E-state index in [9.17, 15) is 9.90 Å².